The van der Waals surface area contributed by atoms with E-state index in [9.17, 15) is 9.18 Å². The van der Waals surface area contributed by atoms with Crippen LogP contribution in [0.25, 0.3) is 0 Å². The highest BCUT2D eigenvalue weighted by Crippen LogP contribution is 2.25. The molecule has 0 aromatic heterocycles. The van der Waals surface area contributed by atoms with Crippen molar-refractivity contribution in [2.45, 2.75) is 38.1 Å². The second kappa shape index (κ2) is 8.34. The van der Waals surface area contributed by atoms with E-state index in [2.05, 4.69) is 5.32 Å². The minimum atomic E-state index is -0.423. The third kappa shape index (κ3) is 5.14. The topological polar surface area (TPSA) is 58.6 Å². The minimum absolute atomic E-state index is 0.0642. The normalized spacial score (nSPS) is 21.4. The lowest BCUT2D eigenvalue weighted by atomic mass is 9.86. The first-order valence-corrected chi connectivity index (χ1v) is 7.94. The van der Waals surface area contributed by atoms with E-state index in [1.807, 2.05) is 0 Å². The molecule has 1 aliphatic rings. The average Bonchev–Trinajstić information content (AvgIpc) is 2.50. The summed E-state index contributed by atoms with van der Waals surface area (Å²) in [6.07, 6.45) is 3.93. The number of carbonyl (C=O) groups excluding carboxylic acids is 1. The summed E-state index contributed by atoms with van der Waals surface area (Å²) >= 11 is 5.84. The molecule has 22 heavy (non-hydrogen) atoms. The summed E-state index contributed by atoms with van der Waals surface area (Å²) in [4.78, 5) is 11.9. The Morgan fingerprint density at radius 3 is 2.73 bits per heavy atom. The summed E-state index contributed by atoms with van der Waals surface area (Å²) in [6.45, 7) is 0.427. The van der Waals surface area contributed by atoms with Crippen LogP contribution in [0.4, 0.5) is 4.39 Å². The fourth-order valence-electron chi connectivity index (χ4n) is 2.64. The first-order chi connectivity index (χ1) is 10.6. The zero-order chi connectivity index (χ0) is 15.9. The monoisotopic (exact) mass is 329 g/mol. The molecule has 0 spiro atoms. The first kappa shape index (κ1) is 17.0. The molecule has 1 amide bonds. The van der Waals surface area contributed by atoms with E-state index >= 15 is 0 Å². The van der Waals surface area contributed by atoms with Crippen molar-refractivity contribution < 1.29 is 19.0 Å². The molecule has 0 bridgehead atoms. The van der Waals surface area contributed by atoms with Crippen molar-refractivity contribution in [2.75, 3.05) is 13.2 Å². The minimum Gasteiger partial charge on any atom is -0.491 e. The van der Waals surface area contributed by atoms with Gasteiger partial charge in [-0.25, -0.2) is 4.39 Å². The van der Waals surface area contributed by atoms with E-state index in [0.717, 1.165) is 25.7 Å². The molecule has 1 saturated carbocycles. The molecular weight excluding hydrogens is 309 g/mol. The van der Waals surface area contributed by atoms with Gasteiger partial charge in [0.15, 0.2) is 0 Å². The van der Waals surface area contributed by atoms with Crippen molar-refractivity contribution in [1.82, 2.24) is 5.32 Å². The van der Waals surface area contributed by atoms with Crippen molar-refractivity contribution in [2.24, 2.45) is 5.92 Å². The Morgan fingerprint density at radius 2 is 2.09 bits per heavy atom. The van der Waals surface area contributed by atoms with Crippen LogP contribution < -0.4 is 10.1 Å². The largest absolute Gasteiger partial charge is 0.491 e. The van der Waals surface area contributed by atoms with Crippen LogP contribution in [0.2, 0.25) is 5.02 Å². The van der Waals surface area contributed by atoms with Gasteiger partial charge in [-0.05, 0) is 49.8 Å². The fraction of sp³-hybridized carbons (Fsp3) is 0.562. The smallest absolute Gasteiger partial charge is 0.223 e. The van der Waals surface area contributed by atoms with E-state index in [1.54, 1.807) is 0 Å². The molecule has 1 aromatic carbocycles. The SMILES string of the molecule is O=C(CCOc1ccc(F)cc1Cl)NC1CCC(CO)CC1. The lowest BCUT2D eigenvalue weighted by Crippen LogP contribution is -2.38. The van der Waals surface area contributed by atoms with Gasteiger partial charge >= 0.3 is 0 Å². The predicted octanol–water partition coefficient (Wildman–Crippen LogP) is 2.92. The zero-order valence-corrected chi connectivity index (χ0v) is 13.1. The summed E-state index contributed by atoms with van der Waals surface area (Å²) in [5.74, 6) is 0.260. The number of aliphatic hydroxyl groups is 1. The molecule has 1 fully saturated rings. The Bertz CT molecular complexity index is 504. The molecule has 4 nitrogen and oxygen atoms in total. The Morgan fingerprint density at radius 1 is 1.36 bits per heavy atom. The number of carbonyl (C=O) groups is 1. The molecule has 1 aliphatic carbocycles. The van der Waals surface area contributed by atoms with Crippen molar-refractivity contribution in [3.63, 3.8) is 0 Å². The van der Waals surface area contributed by atoms with Gasteiger partial charge in [-0.15, -0.1) is 0 Å². The lowest BCUT2D eigenvalue weighted by molar-refractivity contribution is -0.122. The van der Waals surface area contributed by atoms with Crippen LogP contribution in [-0.4, -0.2) is 30.3 Å². The Labute approximate surface area is 134 Å². The van der Waals surface area contributed by atoms with Crippen molar-refractivity contribution in [3.8, 4) is 5.75 Å². The average molecular weight is 330 g/mol. The number of rotatable bonds is 6. The van der Waals surface area contributed by atoms with Crippen molar-refractivity contribution in [3.05, 3.63) is 29.0 Å². The van der Waals surface area contributed by atoms with Gasteiger partial charge in [-0.3, -0.25) is 4.79 Å². The maximum atomic E-state index is 12.9. The summed E-state index contributed by atoms with van der Waals surface area (Å²) < 4.78 is 18.3. The molecule has 0 radical (unpaired) electrons. The van der Waals surface area contributed by atoms with E-state index in [4.69, 9.17) is 21.4 Å². The number of hydrogen-bond acceptors (Lipinski definition) is 3. The summed E-state index contributed by atoms with van der Waals surface area (Å²) in [6, 6.07) is 4.08. The standard InChI is InChI=1S/C16H21ClFNO3/c17-14-9-12(18)3-6-15(14)22-8-7-16(21)19-13-4-1-11(10-20)2-5-13/h3,6,9,11,13,20H,1-2,4-5,7-8,10H2,(H,19,21). The zero-order valence-electron chi connectivity index (χ0n) is 12.4. The summed E-state index contributed by atoms with van der Waals surface area (Å²) in [5.41, 5.74) is 0. The third-order valence-corrected chi connectivity index (χ3v) is 4.25. The number of aliphatic hydroxyl groups excluding tert-OH is 1. The van der Waals surface area contributed by atoms with Crippen LogP contribution in [0.3, 0.4) is 0 Å². The Hall–Kier alpha value is -1.33. The van der Waals surface area contributed by atoms with E-state index in [-0.39, 0.29) is 36.6 Å². The van der Waals surface area contributed by atoms with Gasteiger partial charge < -0.3 is 15.2 Å². The number of hydrogen-bond donors (Lipinski definition) is 2. The molecule has 1 aromatic rings. The molecule has 122 valence electrons. The molecule has 0 saturated heterocycles. The number of benzene rings is 1. The maximum Gasteiger partial charge on any atom is 0.223 e. The van der Waals surface area contributed by atoms with Crippen LogP contribution in [0.15, 0.2) is 18.2 Å². The molecule has 2 N–H and O–H groups in total. The van der Waals surface area contributed by atoms with E-state index < -0.39 is 5.82 Å². The van der Waals surface area contributed by atoms with Crippen LogP contribution in [0, 0.1) is 11.7 Å². The Kier molecular flexibility index (Phi) is 6.46. The molecule has 0 aliphatic heterocycles. The van der Waals surface area contributed by atoms with Crippen LogP contribution in [0.1, 0.15) is 32.1 Å². The second-order valence-corrected chi connectivity index (χ2v) is 6.05. The molecule has 0 heterocycles. The number of amides is 1. The highest BCUT2D eigenvalue weighted by molar-refractivity contribution is 6.32. The fourth-order valence-corrected chi connectivity index (χ4v) is 2.86. The van der Waals surface area contributed by atoms with Gasteiger partial charge in [0.1, 0.15) is 11.6 Å². The number of halogens is 2. The number of ether oxygens (including phenoxy) is 1. The molecular formula is C16H21ClFNO3. The van der Waals surface area contributed by atoms with Gasteiger partial charge in [-0.1, -0.05) is 11.6 Å². The highest BCUT2D eigenvalue weighted by Gasteiger charge is 2.21. The van der Waals surface area contributed by atoms with E-state index in [0.29, 0.717) is 11.7 Å². The van der Waals surface area contributed by atoms with Gasteiger partial charge in [-0.2, -0.15) is 0 Å². The van der Waals surface area contributed by atoms with Gasteiger partial charge in [0.2, 0.25) is 5.91 Å². The van der Waals surface area contributed by atoms with Gasteiger partial charge in [0.05, 0.1) is 18.1 Å². The van der Waals surface area contributed by atoms with Gasteiger partial charge in [0.25, 0.3) is 0 Å². The predicted molar refractivity (Wildman–Crippen MR) is 82.5 cm³/mol. The van der Waals surface area contributed by atoms with E-state index in [1.165, 1.54) is 18.2 Å². The van der Waals surface area contributed by atoms with Crippen LogP contribution >= 0.6 is 11.6 Å². The Balaban J connectivity index is 1.67. The first-order valence-electron chi connectivity index (χ1n) is 7.56. The maximum absolute atomic E-state index is 12.9. The molecule has 6 heteroatoms. The molecule has 2 rings (SSSR count). The number of nitrogens with one attached hydrogen (secondary N) is 1. The van der Waals surface area contributed by atoms with Crippen molar-refractivity contribution in [1.29, 1.82) is 0 Å². The summed E-state index contributed by atoms with van der Waals surface area (Å²) in [5, 5.41) is 12.3. The third-order valence-electron chi connectivity index (χ3n) is 3.95. The second-order valence-electron chi connectivity index (χ2n) is 5.64. The highest BCUT2D eigenvalue weighted by atomic mass is 35.5. The van der Waals surface area contributed by atoms with Crippen LogP contribution in [-0.2, 0) is 4.79 Å². The summed E-state index contributed by atoms with van der Waals surface area (Å²) in [7, 11) is 0. The van der Waals surface area contributed by atoms with Crippen LogP contribution in [0.5, 0.6) is 5.75 Å². The van der Waals surface area contributed by atoms with Gasteiger partial charge in [0, 0.05) is 12.6 Å². The van der Waals surface area contributed by atoms with Crippen molar-refractivity contribution >= 4 is 17.5 Å². The quantitative estimate of drug-likeness (QED) is 0.843. The molecule has 0 atom stereocenters. The molecule has 0 unspecified atom stereocenters. The lowest BCUT2D eigenvalue weighted by Gasteiger charge is -2.27.